The number of carbonyl (C=O) groups is 1. The molecule has 3 N–H and O–H groups in total. The van der Waals surface area contributed by atoms with Crippen molar-refractivity contribution >= 4 is 23.5 Å². The van der Waals surface area contributed by atoms with Crippen molar-refractivity contribution < 1.29 is 19.0 Å². The highest BCUT2D eigenvalue weighted by Gasteiger charge is 2.54. The summed E-state index contributed by atoms with van der Waals surface area (Å²) in [5.74, 6) is -1.09. The molecule has 27 heavy (non-hydrogen) atoms. The van der Waals surface area contributed by atoms with Crippen LogP contribution in [0.1, 0.15) is 40.0 Å². The number of nitrogens with two attached hydrogens (primary N) is 1. The van der Waals surface area contributed by atoms with Crippen molar-refractivity contribution in [2.45, 2.75) is 50.3 Å². The average Bonchev–Trinajstić information content (AvgIpc) is 3.04. The zero-order valence-electron chi connectivity index (χ0n) is 15.7. The first kappa shape index (κ1) is 20.1. The molecule has 1 saturated heterocycles. The summed E-state index contributed by atoms with van der Waals surface area (Å²) in [7, 11) is 0. The van der Waals surface area contributed by atoms with Gasteiger partial charge in [-0.05, 0) is 36.5 Å². The van der Waals surface area contributed by atoms with E-state index in [-0.39, 0.29) is 17.8 Å². The van der Waals surface area contributed by atoms with Crippen LogP contribution in [0.25, 0.3) is 0 Å². The Morgan fingerprint density at radius 3 is 2.85 bits per heavy atom. The lowest BCUT2D eigenvalue weighted by atomic mass is 9.69. The number of halogens is 1. The number of anilines is 1. The smallest absolute Gasteiger partial charge is 0.369 e. The molecule has 7 nitrogen and oxygen atoms in total. The second kappa shape index (κ2) is 7.43. The number of aliphatic carboxylic acids is 1. The number of thioether (sulfide) groups is 1. The van der Waals surface area contributed by atoms with E-state index in [0.717, 1.165) is 37.2 Å². The molecule has 0 spiro atoms. The number of aromatic nitrogens is 2. The second-order valence-corrected chi connectivity index (χ2v) is 9.37. The van der Waals surface area contributed by atoms with Gasteiger partial charge in [-0.1, -0.05) is 39.0 Å². The number of ether oxygens (including phenoxy) is 1. The topological polar surface area (TPSA) is 107 Å². The van der Waals surface area contributed by atoms with Crippen molar-refractivity contribution in [1.29, 1.82) is 0 Å². The lowest BCUT2D eigenvalue weighted by Crippen LogP contribution is -2.46. The van der Waals surface area contributed by atoms with Gasteiger partial charge >= 0.3 is 11.7 Å². The molecule has 3 rings (SSSR count). The van der Waals surface area contributed by atoms with Crippen LogP contribution in [0.15, 0.2) is 11.0 Å². The van der Waals surface area contributed by atoms with Gasteiger partial charge in [0.25, 0.3) is 5.06 Å². The SMILES string of the molecule is CC(C)C1CC[C@@H](C)CC1C1CO[C@@](C(=O)O)(n2cc(F)c(N)nc2=O)S1. The van der Waals surface area contributed by atoms with Crippen molar-refractivity contribution in [3.8, 4) is 0 Å². The molecule has 0 amide bonds. The van der Waals surface area contributed by atoms with Gasteiger partial charge in [0.05, 0.1) is 12.8 Å². The van der Waals surface area contributed by atoms with Crippen molar-refractivity contribution in [3.63, 3.8) is 0 Å². The molecule has 1 saturated carbocycles. The lowest BCUT2D eigenvalue weighted by Gasteiger charge is -2.40. The Balaban J connectivity index is 1.95. The number of carboxylic acids is 1. The number of nitrogens with zero attached hydrogens (tertiary/aromatic N) is 2. The summed E-state index contributed by atoms with van der Waals surface area (Å²) in [4.78, 5) is 27.7. The molecule has 2 aliphatic rings. The first-order valence-corrected chi connectivity index (χ1v) is 10.1. The highest BCUT2D eigenvalue weighted by Crippen LogP contribution is 2.51. The van der Waals surface area contributed by atoms with Crippen LogP contribution >= 0.6 is 11.8 Å². The Morgan fingerprint density at radius 1 is 1.52 bits per heavy atom. The van der Waals surface area contributed by atoms with Gasteiger partial charge in [-0.2, -0.15) is 4.98 Å². The van der Waals surface area contributed by atoms with E-state index < -0.39 is 28.4 Å². The van der Waals surface area contributed by atoms with Crippen LogP contribution in [-0.2, 0) is 14.6 Å². The van der Waals surface area contributed by atoms with Crippen LogP contribution in [0.3, 0.4) is 0 Å². The monoisotopic (exact) mass is 399 g/mol. The molecule has 5 atom stereocenters. The molecule has 2 fully saturated rings. The molecule has 1 aliphatic carbocycles. The highest BCUT2D eigenvalue weighted by molar-refractivity contribution is 8.01. The van der Waals surface area contributed by atoms with Crippen molar-refractivity contribution in [2.75, 3.05) is 12.3 Å². The summed E-state index contributed by atoms with van der Waals surface area (Å²) < 4.78 is 20.3. The maximum atomic E-state index is 13.9. The first-order valence-electron chi connectivity index (χ1n) is 9.26. The minimum Gasteiger partial charge on any atom is -0.477 e. The van der Waals surface area contributed by atoms with E-state index in [0.29, 0.717) is 22.3 Å². The summed E-state index contributed by atoms with van der Waals surface area (Å²) in [6, 6.07) is 0. The zero-order chi connectivity index (χ0) is 19.9. The molecule has 1 aromatic heterocycles. The van der Waals surface area contributed by atoms with Crippen LogP contribution in [0.5, 0.6) is 0 Å². The molecular formula is C18H26FN3O4S. The fraction of sp³-hybridized carbons (Fsp3) is 0.722. The minimum atomic E-state index is -2.02. The van der Waals surface area contributed by atoms with Crippen LogP contribution in [0.2, 0.25) is 0 Å². The molecule has 1 aliphatic heterocycles. The van der Waals surface area contributed by atoms with E-state index >= 15 is 0 Å². The summed E-state index contributed by atoms with van der Waals surface area (Å²) >= 11 is 1.07. The lowest BCUT2D eigenvalue weighted by molar-refractivity contribution is -0.161. The van der Waals surface area contributed by atoms with Gasteiger partial charge < -0.3 is 15.6 Å². The van der Waals surface area contributed by atoms with E-state index in [1.165, 1.54) is 0 Å². The summed E-state index contributed by atoms with van der Waals surface area (Å²) in [5, 5.41) is 7.74. The number of carboxylic acid groups (broad SMARTS) is 1. The Labute approximate surface area is 161 Å². The van der Waals surface area contributed by atoms with E-state index in [1.54, 1.807) is 0 Å². The number of rotatable bonds is 4. The molecule has 3 unspecified atom stereocenters. The van der Waals surface area contributed by atoms with Gasteiger partial charge in [0.1, 0.15) is 0 Å². The van der Waals surface area contributed by atoms with Gasteiger partial charge in [-0.25, -0.2) is 18.5 Å². The molecule has 9 heteroatoms. The molecule has 1 aromatic rings. The molecule has 0 bridgehead atoms. The quantitative estimate of drug-likeness (QED) is 0.801. The summed E-state index contributed by atoms with van der Waals surface area (Å²) in [6.07, 6.45) is 4.02. The molecule has 150 valence electrons. The van der Waals surface area contributed by atoms with Crippen LogP contribution in [0, 0.1) is 29.5 Å². The van der Waals surface area contributed by atoms with Gasteiger partial charge in [0.2, 0.25) is 0 Å². The van der Waals surface area contributed by atoms with Crippen LogP contribution in [0.4, 0.5) is 10.2 Å². The maximum Gasteiger partial charge on any atom is 0.369 e. The van der Waals surface area contributed by atoms with Crippen LogP contribution in [-0.4, -0.2) is 32.5 Å². The van der Waals surface area contributed by atoms with Crippen LogP contribution < -0.4 is 11.4 Å². The normalized spacial score (nSPS) is 34.1. The summed E-state index contributed by atoms with van der Waals surface area (Å²) in [6.45, 7) is 6.76. The van der Waals surface area contributed by atoms with E-state index in [9.17, 15) is 19.1 Å². The highest BCUT2D eigenvalue weighted by atomic mass is 32.2. The summed E-state index contributed by atoms with van der Waals surface area (Å²) in [5.41, 5.74) is 4.38. The third-order valence-electron chi connectivity index (χ3n) is 5.80. The van der Waals surface area contributed by atoms with Gasteiger partial charge in [0, 0.05) is 5.25 Å². The molecular weight excluding hydrogens is 373 g/mol. The van der Waals surface area contributed by atoms with Crippen molar-refractivity contribution in [3.05, 3.63) is 22.5 Å². The van der Waals surface area contributed by atoms with E-state index in [4.69, 9.17) is 10.5 Å². The van der Waals surface area contributed by atoms with E-state index in [1.807, 2.05) is 0 Å². The van der Waals surface area contributed by atoms with Gasteiger partial charge in [-0.15, -0.1) is 0 Å². The molecule has 0 radical (unpaired) electrons. The Bertz CT molecular complexity index is 786. The zero-order valence-corrected chi connectivity index (χ0v) is 16.5. The standard InChI is InChI=1S/C18H26FN3O4S/c1-9(2)11-5-4-10(3)6-12(11)14-8-26-18(27-14,16(23)24)22-7-13(19)15(20)21-17(22)25/h7,9-12,14H,4-6,8H2,1-3H3,(H,23,24)(H2,20,21,25)/t10-,11?,12?,14?,18-/m1/s1. The van der Waals surface area contributed by atoms with Crippen molar-refractivity contribution in [2.24, 2.45) is 23.7 Å². The first-order chi connectivity index (χ1) is 12.7. The second-order valence-electron chi connectivity index (χ2n) is 7.97. The number of hydrogen-bond acceptors (Lipinski definition) is 6. The Hall–Kier alpha value is -1.61. The Morgan fingerprint density at radius 2 is 2.22 bits per heavy atom. The third kappa shape index (κ3) is 3.59. The minimum absolute atomic E-state index is 0.0937. The van der Waals surface area contributed by atoms with Crippen molar-refractivity contribution in [1.82, 2.24) is 9.55 Å². The molecule has 0 aromatic carbocycles. The predicted molar refractivity (Wildman–Crippen MR) is 101 cm³/mol. The number of nitrogen functional groups attached to an aromatic ring is 1. The van der Waals surface area contributed by atoms with Gasteiger partial charge in [-0.3, -0.25) is 0 Å². The largest absolute Gasteiger partial charge is 0.477 e. The molecule has 2 heterocycles. The third-order valence-corrected chi connectivity index (χ3v) is 7.40. The van der Waals surface area contributed by atoms with Gasteiger partial charge in [0.15, 0.2) is 11.6 Å². The maximum absolute atomic E-state index is 13.9. The fourth-order valence-corrected chi connectivity index (χ4v) is 5.90. The fourth-order valence-electron chi connectivity index (χ4n) is 4.38. The average molecular weight is 399 g/mol. The Kier molecular flexibility index (Phi) is 5.54. The number of hydrogen-bond donors (Lipinski definition) is 2. The van der Waals surface area contributed by atoms with E-state index in [2.05, 4.69) is 25.8 Å². The predicted octanol–water partition coefficient (Wildman–Crippen LogP) is 2.50.